The number of anilines is 1. The molecular weight excluding hydrogens is 212 g/mol. The second-order valence-electron chi connectivity index (χ2n) is 5.70. The highest BCUT2D eigenvalue weighted by atomic mass is 16.3. The molecule has 1 N–H and O–H groups in total. The summed E-state index contributed by atoms with van der Waals surface area (Å²) in [5.41, 5.74) is 2.35. The first-order valence-electron chi connectivity index (χ1n) is 6.41. The summed E-state index contributed by atoms with van der Waals surface area (Å²) in [5, 5.41) is 9.69. The van der Waals surface area contributed by atoms with E-state index < -0.39 is 6.10 Å². The fourth-order valence-electron chi connectivity index (χ4n) is 2.32. The lowest BCUT2D eigenvalue weighted by Gasteiger charge is -2.21. The smallest absolute Gasteiger partial charge is 0.0957 e. The third kappa shape index (κ3) is 2.78. The first-order valence-corrected chi connectivity index (χ1v) is 6.41. The molecule has 0 saturated carbocycles. The predicted molar refractivity (Wildman–Crippen MR) is 70.1 cm³/mol. The highest BCUT2D eigenvalue weighted by Gasteiger charge is 2.29. The van der Waals surface area contributed by atoms with E-state index >= 15 is 0 Å². The normalized spacial score (nSPS) is 20.6. The van der Waals surface area contributed by atoms with E-state index in [1.54, 1.807) is 0 Å². The molecule has 0 aliphatic carbocycles. The van der Waals surface area contributed by atoms with Crippen molar-refractivity contribution in [3.63, 3.8) is 0 Å². The zero-order chi connectivity index (χ0) is 12.5. The Labute approximate surface area is 103 Å². The van der Waals surface area contributed by atoms with Gasteiger partial charge in [0.1, 0.15) is 0 Å². The Bertz CT molecular complexity index is 372. The standard InChI is InChI=1S/C14H22N2O/c1-4-13(17)12-6-5-11(9-15-12)16-8-7-14(2,3)10-16/h5-6,9,13,17H,4,7-8,10H2,1-3H3/t13-/m0/s1. The molecule has 0 spiro atoms. The van der Waals surface area contributed by atoms with Gasteiger partial charge < -0.3 is 10.0 Å². The number of aliphatic hydroxyl groups excluding tert-OH is 1. The molecule has 2 heterocycles. The molecule has 94 valence electrons. The summed E-state index contributed by atoms with van der Waals surface area (Å²) in [5.74, 6) is 0. The number of nitrogens with zero attached hydrogens (tertiary/aromatic N) is 2. The van der Waals surface area contributed by atoms with Crippen molar-refractivity contribution >= 4 is 5.69 Å². The van der Waals surface area contributed by atoms with Gasteiger partial charge in [0.25, 0.3) is 0 Å². The van der Waals surface area contributed by atoms with Gasteiger partial charge in [-0.15, -0.1) is 0 Å². The molecule has 2 rings (SSSR count). The van der Waals surface area contributed by atoms with Gasteiger partial charge in [-0.25, -0.2) is 0 Å². The summed E-state index contributed by atoms with van der Waals surface area (Å²) in [6, 6.07) is 4.01. The van der Waals surface area contributed by atoms with Gasteiger partial charge in [0.2, 0.25) is 0 Å². The van der Waals surface area contributed by atoms with Crippen molar-refractivity contribution in [3.05, 3.63) is 24.0 Å². The Hall–Kier alpha value is -1.09. The van der Waals surface area contributed by atoms with Crippen LogP contribution in [0.3, 0.4) is 0 Å². The maximum atomic E-state index is 9.69. The molecule has 17 heavy (non-hydrogen) atoms. The molecular formula is C14H22N2O. The van der Waals surface area contributed by atoms with E-state index in [9.17, 15) is 5.11 Å². The highest BCUT2D eigenvalue weighted by Crippen LogP contribution is 2.32. The van der Waals surface area contributed by atoms with Crippen LogP contribution in [0.4, 0.5) is 5.69 Å². The van der Waals surface area contributed by atoms with Crippen LogP contribution in [0.25, 0.3) is 0 Å². The van der Waals surface area contributed by atoms with Crippen molar-refractivity contribution in [1.82, 2.24) is 4.98 Å². The molecule has 1 aromatic heterocycles. The van der Waals surface area contributed by atoms with E-state index in [0.717, 1.165) is 18.8 Å². The fraction of sp³-hybridized carbons (Fsp3) is 0.643. The first-order chi connectivity index (χ1) is 8.02. The lowest BCUT2D eigenvalue weighted by atomic mass is 9.93. The maximum Gasteiger partial charge on any atom is 0.0957 e. The molecule has 1 atom stereocenters. The molecule has 0 bridgehead atoms. The number of aliphatic hydroxyl groups is 1. The predicted octanol–water partition coefficient (Wildman–Crippen LogP) is 2.76. The van der Waals surface area contributed by atoms with Gasteiger partial charge in [-0.3, -0.25) is 4.98 Å². The van der Waals surface area contributed by atoms with Gasteiger partial charge in [-0.05, 0) is 30.4 Å². The van der Waals surface area contributed by atoms with E-state index in [-0.39, 0.29) is 0 Å². The topological polar surface area (TPSA) is 36.4 Å². The van der Waals surface area contributed by atoms with E-state index in [2.05, 4.69) is 29.8 Å². The average molecular weight is 234 g/mol. The van der Waals surface area contributed by atoms with E-state index in [4.69, 9.17) is 0 Å². The fourth-order valence-corrected chi connectivity index (χ4v) is 2.32. The van der Waals surface area contributed by atoms with Crippen LogP contribution in [0.15, 0.2) is 18.3 Å². The van der Waals surface area contributed by atoms with Gasteiger partial charge >= 0.3 is 0 Å². The van der Waals surface area contributed by atoms with Crippen molar-refractivity contribution in [1.29, 1.82) is 0 Å². The van der Waals surface area contributed by atoms with E-state index in [0.29, 0.717) is 11.8 Å². The molecule has 0 unspecified atom stereocenters. The largest absolute Gasteiger partial charge is 0.387 e. The van der Waals surface area contributed by atoms with E-state index in [1.807, 2.05) is 19.2 Å². The number of hydrogen-bond donors (Lipinski definition) is 1. The lowest BCUT2D eigenvalue weighted by molar-refractivity contribution is 0.169. The van der Waals surface area contributed by atoms with Crippen LogP contribution < -0.4 is 4.90 Å². The molecule has 0 radical (unpaired) electrons. The maximum absolute atomic E-state index is 9.69. The summed E-state index contributed by atoms with van der Waals surface area (Å²) in [6.45, 7) is 8.75. The van der Waals surface area contributed by atoms with Crippen LogP contribution in [0, 0.1) is 5.41 Å². The summed E-state index contributed by atoms with van der Waals surface area (Å²) >= 11 is 0. The zero-order valence-electron chi connectivity index (χ0n) is 11.0. The number of pyridine rings is 1. The first kappa shape index (κ1) is 12.4. The van der Waals surface area contributed by atoms with E-state index in [1.165, 1.54) is 12.1 Å². The molecule has 0 amide bonds. The third-order valence-corrected chi connectivity index (χ3v) is 3.54. The molecule has 1 fully saturated rings. The molecule has 1 saturated heterocycles. The molecule has 3 nitrogen and oxygen atoms in total. The average Bonchev–Trinajstić information content (AvgIpc) is 2.69. The minimum absolute atomic E-state index is 0.404. The third-order valence-electron chi connectivity index (χ3n) is 3.54. The number of rotatable bonds is 3. The van der Waals surface area contributed by atoms with Gasteiger partial charge in [0.05, 0.1) is 23.7 Å². The van der Waals surface area contributed by atoms with Crippen molar-refractivity contribution in [2.24, 2.45) is 5.41 Å². The van der Waals surface area contributed by atoms with Gasteiger partial charge in [-0.1, -0.05) is 20.8 Å². The van der Waals surface area contributed by atoms with Crippen LogP contribution in [0.5, 0.6) is 0 Å². The molecule has 1 aliphatic rings. The second kappa shape index (κ2) is 4.65. The molecule has 3 heteroatoms. The molecule has 0 aromatic carbocycles. The summed E-state index contributed by atoms with van der Waals surface area (Å²) < 4.78 is 0. The van der Waals surface area contributed by atoms with Crippen LogP contribution in [0.2, 0.25) is 0 Å². The molecule has 1 aromatic rings. The minimum Gasteiger partial charge on any atom is -0.387 e. The summed E-state index contributed by atoms with van der Waals surface area (Å²) in [6.07, 6.45) is 3.39. The van der Waals surface area contributed by atoms with Gasteiger partial charge in [0, 0.05) is 13.1 Å². The van der Waals surface area contributed by atoms with Gasteiger partial charge in [-0.2, -0.15) is 0 Å². The quantitative estimate of drug-likeness (QED) is 0.873. The summed E-state index contributed by atoms with van der Waals surface area (Å²) in [7, 11) is 0. The van der Waals surface area contributed by atoms with Crippen molar-refractivity contribution in [2.75, 3.05) is 18.0 Å². The van der Waals surface area contributed by atoms with Crippen LogP contribution in [0.1, 0.15) is 45.4 Å². The van der Waals surface area contributed by atoms with Crippen LogP contribution in [-0.4, -0.2) is 23.2 Å². The Morgan fingerprint density at radius 2 is 2.24 bits per heavy atom. The van der Waals surface area contributed by atoms with Crippen LogP contribution in [-0.2, 0) is 0 Å². The van der Waals surface area contributed by atoms with Crippen molar-refractivity contribution in [2.45, 2.75) is 39.7 Å². The number of hydrogen-bond acceptors (Lipinski definition) is 3. The van der Waals surface area contributed by atoms with Crippen molar-refractivity contribution in [3.8, 4) is 0 Å². The Morgan fingerprint density at radius 1 is 1.47 bits per heavy atom. The Morgan fingerprint density at radius 3 is 2.71 bits per heavy atom. The van der Waals surface area contributed by atoms with Crippen LogP contribution >= 0.6 is 0 Å². The lowest BCUT2D eigenvalue weighted by Crippen LogP contribution is -2.22. The van der Waals surface area contributed by atoms with Gasteiger partial charge in [0.15, 0.2) is 0 Å². The Kier molecular flexibility index (Phi) is 3.38. The second-order valence-corrected chi connectivity index (χ2v) is 5.70. The highest BCUT2D eigenvalue weighted by molar-refractivity contribution is 5.46. The monoisotopic (exact) mass is 234 g/mol. The molecule has 1 aliphatic heterocycles. The van der Waals surface area contributed by atoms with Crippen molar-refractivity contribution < 1.29 is 5.11 Å². The number of aromatic nitrogens is 1. The summed E-state index contributed by atoms with van der Waals surface area (Å²) in [4.78, 5) is 6.72. The Balaban J connectivity index is 2.09. The zero-order valence-corrected chi connectivity index (χ0v) is 11.0. The minimum atomic E-state index is -0.431. The SMILES string of the molecule is CC[C@H](O)c1ccc(N2CCC(C)(C)C2)cn1.